The Morgan fingerprint density at radius 3 is 2.52 bits per heavy atom. The predicted molar refractivity (Wildman–Crippen MR) is 87.8 cm³/mol. The average molecular weight is 314 g/mol. The van der Waals surface area contributed by atoms with E-state index in [1.165, 1.54) is 24.3 Å². The molecule has 1 saturated heterocycles. The van der Waals surface area contributed by atoms with Crippen LogP contribution in [0.1, 0.15) is 34.8 Å². The molecule has 2 heterocycles. The Bertz CT molecular complexity index is 696. The molecule has 1 aromatic carbocycles. The fourth-order valence-electron chi connectivity index (χ4n) is 2.76. The largest absolute Gasteiger partial charge is 0.383 e. The first-order chi connectivity index (χ1) is 11.1. The molecular weight excluding hydrogens is 295 g/mol. The molecule has 2 aromatic rings. The number of nitrogens with one attached hydrogen (secondary N) is 2. The minimum atomic E-state index is -0.351. The molecule has 5 nitrogen and oxygen atoms in total. The van der Waals surface area contributed by atoms with Crippen molar-refractivity contribution in [3.05, 3.63) is 53.5 Å². The van der Waals surface area contributed by atoms with E-state index in [-0.39, 0.29) is 17.5 Å². The van der Waals surface area contributed by atoms with Crippen LogP contribution in [0, 0.1) is 5.82 Å². The molecule has 1 aromatic heterocycles. The number of anilines is 2. The minimum Gasteiger partial charge on any atom is -0.383 e. The van der Waals surface area contributed by atoms with Crippen LogP contribution in [-0.2, 0) is 0 Å². The van der Waals surface area contributed by atoms with Crippen LogP contribution in [0.25, 0.3) is 0 Å². The number of piperidine rings is 1. The van der Waals surface area contributed by atoms with Gasteiger partial charge in [0.2, 0.25) is 0 Å². The lowest BCUT2D eigenvalue weighted by atomic mass is 9.94. The van der Waals surface area contributed by atoms with Gasteiger partial charge in [0.1, 0.15) is 11.6 Å². The SMILES string of the molecule is Nc1nc(C2CCNCC2)ccc1C(=O)Nc1ccc(F)cc1. The normalized spacial score (nSPS) is 15.3. The Morgan fingerprint density at radius 1 is 1.17 bits per heavy atom. The molecule has 0 aliphatic carbocycles. The molecule has 0 unspecified atom stereocenters. The van der Waals surface area contributed by atoms with Crippen molar-refractivity contribution >= 4 is 17.4 Å². The number of benzene rings is 1. The zero-order valence-corrected chi connectivity index (χ0v) is 12.7. The second-order valence-electron chi connectivity index (χ2n) is 5.65. The van der Waals surface area contributed by atoms with E-state index in [9.17, 15) is 9.18 Å². The summed E-state index contributed by atoms with van der Waals surface area (Å²) in [6, 6.07) is 9.15. The topological polar surface area (TPSA) is 80.0 Å². The lowest BCUT2D eigenvalue weighted by Gasteiger charge is -2.22. The Hall–Kier alpha value is -2.47. The van der Waals surface area contributed by atoms with E-state index in [1.807, 2.05) is 6.07 Å². The molecule has 0 spiro atoms. The van der Waals surface area contributed by atoms with Gasteiger partial charge in [0.05, 0.1) is 5.56 Å². The number of nitrogen functional groups attached to an aromatic ring is 1. The summed E-state index contributed by atoms with van der Waals surface area (Å²) in [6.07, 6.45) is 2.04. The summed E-state index contributed by atoms with van der Waals surface area (Å²) >= 11 is 0. The number of pyridine rings is 1. The zero-order chi connectivity index (χ0) is 16.2. The Morgan fingerprint density at radius 2 is 1.87 bits per heavy atom. The molecule has 23 heavy (non-hydrogen) atoms. The van der Waals surface area contributed by atoms with E-state index in [1.54, 1.807) is 6.07 Å². The molecule has 3 rings (SSSR count). The molecule has 6 heteroatoms. The molecule has 0 radical (unpaired) electrons. The van der Waals surface area contributed by atoms with E-state index in [0.717, 1.165) is 31.6 Å². The first-order valence-corrected chi connectivity index (χ1v) is 7.67. The highest BCUT2D eigenvalue weighted by molar-refractivity contribution is 6.07. The van der Waals surface area contributed by atoms with Gasteiger partial charge in [-0.2, -0.15) is 0 Å². The number of hydrogen-bond donors (Lipinski definition) is 3. The number of amides is 1. The fourth-order valence-corrected chi connectivity index (χ4v) is 2.76. The standard InChI is InChI=1S/C17H19FN4O/c18-12-1-3-13(4-2-12)21-17(23)14-5-6-15(22-16(14)19)11-7-9-20-10-8-11/h1-6,11,20H,7-10H2,(H2,19,22)(H,21,23). The Labute approximate surface area is 134 Å². The van der Waals surface area contributed by atoms with Crippen molar-refractivity contribution < 1.29 is 9.18 Å². The first kappa shape index (κ1) is 15.4. The predicted octanol–water partition coefficient (Wildman–Crippen LogP) is 2.52. The highest BCUT2D eigenvalue weighted by Crippen LogP contribution is 2.25. The number of hydrogen-bond acceptors (Lipinski definition) is 4. The van der Waals surface area contributed by atoms with Crippen molar-refractivity contribution in [2.45, 2.75) is 18.8 Å². The average Bonchev–Trinajstić information content (AvgIpc) is 2.57. The van der Waals surface area contributed by atoms with Gasteiger partial charge in [-0.15, -0.1) is 0 Å². The van der Waals surface area contributed by atoms with Crippen LogP contribution < -0.4 is 16.4 Å². The Kier molecular flexibility index (Phi) is 4.52. The highest BCUT2D eigenvalue weighted by Gasteiger charge is 2.19. The van der Waals surface area contributed by atoms with Crippen molar-refractivity contribution in [3.8, 4) is 0 Å². The van der Waals surface area contributed by atoms with Gasteiger partial charge in [0.25, 0.3) is 5.91 Å². The van der Waals surface area contributed by atoms with E-state index in [2.05, 4.69) is 15.6 Å². The van der Waals surface area contributed by atoms with Crippen molar-refractivity contribution in [2.24, 2.45) is 0 Å². The molecule has 1 amide bonds. The van der Waals surface area contributed by atoms with Crippen LogP contribution in [0.3, 0.4) is 0 Å². The second kappa shape index (κ2) is 6.75. The molecule has 0 atom stereocenters. The third-order valence-corrected chi connectivity index (χ3v) is 4.05. The van der Waals surface area contributed by atoms with Crippen LogP contribution >= 0.6 is 0 Å². The van der Waals surface area contributed by atoms with Gasteiger partial charge in [-0.1, -0.05) is 0 Å². The Balaban J connectivity index is 1.74. The summed E-state index contributed by atoms with van der Waals surface area (Å²) in [5.41, 5.74) is 7.73. The van der Waals surface area contributed by atoms with Crippen molar-refractivity contribution in [2.75, 3.05) is 24.1 Å². The number of carbonyl (C=O) groups is 1. The number of aromatic nitrogens is 1. The molecule has 1 aliphatic heterocycles. The summed E-state index contributed by atoms with van der Waals surface area (Å²) in [4.78, 5) is 16.7. The van der Waals surface area contributed by atoms with Crippen molar-refractivity contribution in [1.82, 2.24) is 10.3 Å². The second-order valence-corrected chi connectivity index (χ2v) is 5.65. The summed E-state index contributed by atoms with van der Waals surface area (Å²) in [6.45, 7) is 1.94. The maximum atomic E-state index is 12.9. The summed E-state index contributed by atoms with van der Waals surface area (Å²) in [5, 5.41) is 6.00. The van der Waals surface area contributed by atoms with Crippen LogP contribution in [0.4, 0.5) is 15.9 Å². The monoisotopic (exact) mass is 314 g/mol. The quantitative estimate of drug-likeness (QED) is 0.813. The number of halogens is 1. The van der Waals surface area contributed by atoms with Gasteiger partial charge in [0, 0.05) is 17.3 Å². The van der Waals surface area contributed by atoms with Crippen LogP contribution in [0.2, 0.25) is 0 Å². The van der Waals surface area contributed by atoms with Gasteiger partial charge >= 0.3 is 0 Å². The van der Waals surface area contributed by atoms with Crippen LogP contribution in [0.5, 0.6) is 0 Å². The van der Waals surface area contributed by atoms with Crippen molar-refractivity contribution in [1.29, 1.82) is 0 Å². The maximum absolute atomic E-state index is 12.9. The van der Waals surface area contributed by atoms with Crippen LogP contribution in [0.15, 0.2) is 36.4 Å². The molecule has 0 bridgehead atoms. The number of rotatable bonds is 3. The molecule has 0 saturated carbocycles. The van der Waals surface area contributed by atoms with E-state index in [4.69, 9.17) is 5.73 Å². The third kappa shape index (κ3) is 3.65. The fraction of sp³-hybridized carbons (Fsp3) is 0.294. The molecule has 1 fully saturated rings. The van der Waals surface area contributed by atoms with Gasteiger partial charge < -0.3 is 16.4 Å². The smallest absolute Gasteiger partial charge is 0.259 e. The lowest BCUT2D eigenvalue weighted by molar-refractivity contribution is 0.102. The number of nitrogens with zero attached hydrogens (tertiary/aromatic N) is 1. The number of nitrogens with two attached hydrogens (primary N) is 1. The van der Waals surface area contributed by atoms with E-state index in [0.29, 0.717) is 17.2 Å². The molecule has 4 N–H and O–H groups in total. The molecule has 1 aliphatic rings. The van der Waals surface area contributed by atoms with Gasteiger partial charge in [-0.25, -0.2) is 9.37 Å². The summed E-state index contributed by atoms with van der Waals surface area (Å²) < 4.78 is 12.9. The van der Waals surface area contributed by atoms with Crippen molar-refractivity contribution in [3.63, 3.8) is 0 Å². The minimum absolute atomic E-state index is 0.223. The first-order valence-electron chi connectivity index (χ1n) is 7.67. The van der Waals surface area contributed by atoms with E-state index < -0.39 is 0 Å². The maximum Gasteiger partial charge on any atom is 0.259 e. The van der Waals surface area contributed by atoms with Gasteiger partial charge in [-0.3, -0.25) is 4.79 Å². The number of carbonyl (C=O) groups excluding carboxylic acids is 1. The third-order valence-electron chi connectivity index (χ3n) is 4.05. The van der Waals surface area contributed by atoms with Gasteiger partial charge in [0.15, 0.2) is 0 Å². The summed E-state index contributed by atoms with van der Waals surface area (Å²) in [7, 11) is 0. The lowest BCUT2D eigenvalue weighted by Crippen LogP contribution is -2.27. The molecule has 120 valence electrons. The van der Waals surface area contributed by atoms with Crippen LogP contribution in [-0.4, -0.2) is 24.0 Å². The highest BCUT2D eigenvalue weighted by atomic mass is 19.1. The zero-order valence-electron chi connectivity index (χ0n) is 12.7. The van der Waals surface area contributed by atoms with E-state index >= 15 is 0 Å². The van der Waals surface area contributed by atoms with Gasteiger partial charge in [-0.05, 0) is 62.3 Å². The summed E-state index contributed by atoms with van der Waals surface area (Å²) in [5.74, 6) is -0.0950. The molecular formula is C17H19FN4O.